The smallest absolute Gasteiger partial charge is 0.243 e. The minimum Gasteiger partial charge on any atom is -0.359 e. The Morgan fingerprint density at radius 2 is 2.06 bits per heavy atom. The molecule has 1 heterocycles. The summed E-state index contributed by atoms with van der Waals surface area (Å²) in [6.45, 7) is 5.54. The van der Waals surface area contributed by atoms with Crippen LogP contribution in [-0.2, 0) is 14.4 Å². The number of nitrogens with one attached hydrogen (secondary N) is 1. The van der Waals surface area contributed by atoms with Crippen molar-refractivity contribution in [1.29, 1.82) is 0 Å². The van der Waals surface area contributed by atoms with Gasteiger partial charge in [0.05, 0.1) is 5.25 Å². The van der Waals surface area contributed by atoms with Crippen LogP contribution in [0.25, 0.3) is 0 Å². The molecule has 0 radical (unpaired) electrons. The Labute approximate surface area is 112 Å². The molecule has 0 aromatic heterocycles. The van der Waals surface area contributed by atoms with Gasteiger partial charge in [-0.05, 0) is 20.8 Å². The monoisotopic (exact) mass is 272 g/mol. The molecule has 0 bridgehead atoms. The summed E-state index contributed by atoms with van der Waals surface area (Å²) in [5.74, 6) is 0.257. The molecule has 3 amide bonds. The van der Waals surface area contributed by atoms with Gasteiger partial charge >= 0.3 is 0 Å². The summed E-state index contributed by atoms with van der Waals surface area (Å²) in [6, 6.07) is 0. The van der Waals surface area contributed by atoms with Crippen LogP contribution in [-0.4, -0.2) is 46.2 Å². The van der Waals surface area contributed by atoms with Gasteiger partial charge in [0.2, 0.25) is 17.7 Å². The third-order valence-corrected chi connectivity index (χ3v) is 3.91. The van der Waals surface area contributed by atoms with Gasteiger partial charge in [0.15, 0.2) is 0 Å². The van der Waals surface area contributed by atoms with Gasteiger partial charge in [0.1, 0.15) is 0 Å². The van der Waals surface area contributed by atoms with E-state index in [1.807, 2.05) is 20.8 Å². The Morgan fingerprint density at radius 3 is 2.50 bits per heavy atom. The van der Waals surface area contributed by atoms with Crippen LogP contribution in [0.4, 0.5) is 0 Å². The largest absolute Gasteiger partial charge is 0.359 e. The quantitative estimate of drug-likeness (QED) is 0.768. The van der Waals surface area contributed by atoms with E-state index in [0.717, 1.165) is 0 Å². The van der Waals surface area contributed by atoms with Gasteiger partial charge in [-0.2, -0.15) is 0 Å². The van der Waals surface area contributed by atoms with E-state index in [4.69, 9.17) is 0 Å². The molecule has 102 valence electrons. The van der Waals surface area contributed by atoms with Crippen molar-refractivity contribution in [2.24, 2.45) is 0 Å². The first-order valence-corrected chi connectivity index (χ1v) is 7.01. The standard InChI is InChI=1S/C12H20N2O3S/c1-12(2,3)14-10(16)7-8(11(14)17)18-6-5-9(15)13-4/h8H,5-7H2,1-4H3,(H,13,15). The lowest BCUT2D eigenvalue weighted by Gasteiger charge is -2.30. The zero-order valence-electron chi connectivity index (χ0n) is 11.3. The molecule has 0 spiro atoms. The first kappa shape index (κ1) is 15.0. The van der Waals surface area contributed by atoms with Crippen LogP contribution in [0.3, 0.4) is 0 Å². The number of nitrogens with zero attached hydrogens (tertiary/aromatic N) is 1. The van der Waals surface area contributed by atoms with Crippen LogP contribution in [0.1, 0.15) is 33.6 Å². The Bertz CT molecular complexity index is 363. The van der Waals surface area contributed by atoms with Crippen LogP contribution in [0.5, 0.6) is 0 Å². The molecule has 1 atom stereocenters. The number of likely N-dealkylation sites (tertiary alicyclic amines) is 1. The molecule has 1 fully saturated rings. The number of amides is 3. The molecule has 0 saturated carbocycles. The van der Waals surface area contributed by atoms with Crippen LogP contribution < -0.4 is 5.32 Å². The summed E-state index contributed by atoms with van der Waals surface area (Å²) in [6.07, 6.45) is 0.614. The van der Waals surface area contributed by atoms with E-state index in [1.165, 1.54) is 16.7 Å². The molecule has 0 aromatic carbocycles. The van der Waals surface area contributed by atoms with Crippen molar-refractivity contribution in [3.05, 3.63) is 0 Å². The molecule has 1 N–H and O–H groups in total. The van der Waals surface area contributed by atoms with E-state index in [1.54, 1.807) is 7.05 Å². The number of hydrogen-bond donors (Lipinski definition) is 1. The predicted molar refractivity (Wildman–Crippen MR) is 71.2 cm³/mol. The third kappa shape index (κ3) is 3.48. The summed E-state index contributed by atoms with van der Waals surface area (Å²) >= 11 is 1.39. The van der Waals surface area contributed by atoms with Crippen molar-refractivity contribution in [2.45, 2.75) is 44.4 Å². The normalized spacial score (nSPS) is 20.4. The zero-order chi connectivity index (χ0) is 13.9. The summed E-state index contributed by atoms with van der Waals surface area (Å²) in [5, 5.41) is 2.20. The third-order valence-electron chi connectivity index (χ3n) is 2.70. The average molecular weight is 272 g/mol. The molecule has 1 saturated heterocycles. The van der Waals surface area contributed by atoms with Crippen molar-refractivity contribution in [2.75, 3.05) is 12.8 Å². The number of carbonyl (C=O) groups is 3. The molecule has 6 heteroatoms. The highest BCUT2D eigenvalue weighted by molar-refractivity contribution is 8.00. The van der Waals surface area contributed by atoms with Crippen molar-refractivity contribution in [3.8, 4) is 0 Å². The van der Waals surface area contributed by atoms with E-state index < -0.39 is 5.54 Å². The van der Waals surface area contributed by atoms with E-state index in [2.05, 4.69) is 5.32 Å². The van der Waals surface area contributed by atoms with Gasteiger partial charge in [-0.1, -0.05) is 0 Å². The topological polar surface area (TPSA) is 66.5 Å². The molecule has 1 aliphatic rings. The molecular weight excluding hydrogens is 252 g/mol. The van der Waals surface area contributed by atoms with E-state index in [9.17, 15) is 14.4 Å². The maximum Gasteiger partial charge on any atom is 0.243 e. The van der Waals surface area contributed by atoms with Crippen molar-refractivity contribution in [1.82, 2.24) is 10.2 Å². The molecular formula is C12H20N2O3S. The van der Waals surface area contributed by atoms with Crippen molar-refractivity contribution < 1.29 is 14.4 Å². The summed E-state index contributed by atoms with van der Waals surface area (Å²) < 4.78 is 0. The SMILES string of the molecule is CNC(=O)CCSC1CC(=O)N(C(C)(C)C)C1=O. The van der Waals surface area contributed by atoms with Gasteiger partial charge in [0.25, 0.3) is 0 Å². The van der Waals surface area contributed by atoms with E-state index in [-0.39, 0.29) is 29.4 Å². The maximum atomic E-state index is 12.1. The highest BCUT2D eigenvalue weighted by atomic mass is 32.2. The fourth-order valence-electron chi connectivity index (χ4n) is 1.86. The van der Waals surface area contributed by atoms with Crippen molar-refractivity contribution in [3.63, 3.8) is 0 Å². The Hall–Kier alpha value is -1.04. The van der Waals surface area contributed by atoms with Crippen LogP contribution in [0, 0.1) is 0 Å². The van der Waals surface area contributed by atoms with E-state index >= 15 is 0 Å². The maximum absolute atomic E-state index is 12.1. The second-order valence-electron chi connectivity index (χ2n) is 5.22. The first-order chi connectivity index (χ1) is 8.27. The number of carbonyl (C=O) groups excluding carboxylic acids is 3. The van der Waals surface area contributed by atoms with Crippen molar-refractivity contribution >= 4 is 29.5 Å². The Balaban J connectivity index is 2.54. The second kappa shape index (κ2) is 5.73. The summed E-state index contributed by atoms with van der Waals surface area (Å²) in [4.78, 5) is 36.3. The second-order valence-corrected chi connectivity index (χ2v) is 6.54. The number of imide groups is 1. The van der Waals surface area contributed by atoms with Gasteiger partial charge < -0.3 is 5.32 Å². The van der Waals surface area contributed by atoms with Gasteiger partial charge in [0, 0.05) is 31.2 Å². The minimum absolute atomic E-state index is 0.0491. The Kier molecular flexibility index (Phi) is 4.78. The zero-order valence-corrected chi connectivity index (χ0v) is 12.1. The highest BCUT2D eigenvalue weighted by Gasteiger charge is 2.43. The highest BCUT2D eigenvalue weighted by Crippen LogP contribution is 2.30. The van der Waals surface area contributed by atoms with E-state index in [0.29, 0.717) is 12.2 Å². The minimum atomic E-state index is -0.468. The van der Waals surface area contributed by atoms with Crippen LogP contribution in [0.15, 0.2) is 0 Å². The predicted octanol–water partition coefficient (Wildman–Crippen LogP) is 0.782. The molecule has 1 rings (SSSR count). The molecule has 1 unspecified atom stereocenters. The molecule has 0 aromatic rings. The average Bonchev–Trinajstić information content (AvgIpc) is 2.53. The number of hydrogen-bond acceptors (Lipinski definition) is 4. The van der Waals surface area contributed by atoms with Gasteiger partial charge in [-0.15, -0.1) is 11.8 Å². The number of rotatable bonds is 4. The lowest BCUT2D eigenvalue weighted by atomic mass is 10.1. The molecule has 5 nitrogen and oxygen atoms in total. The molecule has 1 aliphatic heterocycles. The summed E-state index contributed by atoms with van der Waals surface area (Å²) in [5.41, 5.74) is -0.468. The lowest BCUT2D eigenvalue weighted by molar-refractivity contribution is -0.143. The molecule has 18 heavy (non-hydrogen) atoms. The fraction of sp³-hybridized carbons (Fsp3) is 0.750. The van der Waals surface area contributed by atoms with Gasteiger partial charge in [-0.3, -0.25) is 19.3 Å². The van der Waals surface area contributed by atoms with Crippen LogP contribution >= 0.6 is 11.8 Å². The Morgan fingerprint density at radius 1 is 1.44 bits per heavy atom. The van der Waals surface area contributed by atoms with Gasteiger partial charge in [-0.25, -0.2) is 0 Å². The fourth-order valence-corrected chi connectivity index (χ4v) is 2.95. The lowest BCUT2D eigenvalue weighted by Crippen LogP contribution is -2.45. The molecule has 0 aliphatic carbocycles. The first-order valence-electron chi connectivity index (χ1n) is 5.96. The summed E-state index contributed by atoms with van der Waals surface area (Å²) in [7, 11) is 1.58. The van der Waals surface area contributed by atoms with Crippen LogP contribution in [0.2, 0.25) is 0 Å². The number of thioether (sulfide) groups is 1.